The van der Waals surface area contributed by atoms with E-state index in [0.717, 1.165) is 0 Å². The summed E-state index contributed by atoms with van der Waals surface area (Å²) in [6.07, 6.45) is 0.474. The number of β-amino-alcohol motifs (C(OH)–C–C–N with tert-alkyl or cyclic N) is 1. The molecule has 0 amide bonds. The van der Waals surface area contributed by atoms with Crippen molar-refractivity contribution in [2.75, 3.05) is 24.6 Å². The van der Waals surface area contributed by atoms with Gasteiger partial charge in [0.1, 0.15) is 11.4 Å². The molecule has 0 aliphatic carbocycles. The number of aliphatic hydroxyl groups excluding tert-OH is 1. The van der Waals surface area contributed by atoms with Crippen molar-refractivity contribution in [1.29, 1.82) is 0 Å². The minimum atomic E-state index is -1.08. The fourth-order valence-corrected chi connectivity index (χ4v) is 1.75. The molecule has 1 aromatic rings. The molecule has 1 aliphatic heterocycles. The minimum absolute atomic E-state index is 0.279. The maximum atomic E-state index is 12.8. The van der Waals surface area contributed by atoms with Crippen LogP contribution in [0.2, 0.25) is 0 Å². The van der Waals surface area contributed by atoms with Crippen LogP contribution in [0.3, 0.4) is 0 Å². The van der Waals surface area contributed by atoms with E-state index in [1.807, 2.05) is 0 Å². The third kappa shape index (κ3) is 2.08. The number of hydrogen-bond donors (Lipinski definition) is 2. The SMILES string of the molecule is OCC1(O)CCN(c2cccc(F)n2)C1. The van der Waals surface area contributed by atoms with Crippen molar-refractivity contribution < 1.29 is 14.6 Å². The number of anilines is 1. The maximum absolute atomic E-state index is 12.8. The van der Waals surface area contributed by atoms with Crippen LogP contribution in [-0.4, -0.2) is 40.5 Å². The molecule has 82 valence electrons. The molecule has 1 unspecified atom stereocenters. The Morgan fingerprint density at radius 2 is 2.33 bits per heavy atom. The van der Waals surface area contributed by atoms with Gasteiger partial charge >= 0.3 is 0 Å². The van der Waals surface area contributed by atoms with Crippen LogP contribution in [0.1, 0.15) is 6.42 Å². The smallest absolute Gasteiger partial charge is 0.214 e. The summed E-state index contributed by atoms with van der Waals surface area (Å²) in [6, 6.07) is 4.54. The van der Waals surface area contributed by atoms with Gasteiger partial charge in [0, 0.05) is 6.54 Å². The Bertz CT molecular complexity index is 361. The fourth-order valence-electron chi connectivity index (χ4n) is 1.75. The average Bonchev–Trinajstić information content (AvgIpc) is 2.62. The van der Waals surface area contributed by atoms with Crippen molar-refractivity contribution in [3.8, 4) is 0 Å². The van der Waals surface area contributed by atoms with Gasteiger partial charge in [0.2, 0.25) is 5.95 Å². The van der Waals surface area contributed by atoms with E-state index in [1.165, 1.54) is 6.07 Å². The van der Waals surface area contributed by atoms with E-state index in [-0.39, 0.29) is 6.61 Å². The van der Waals surface area contributed by atoms with E-state index in [9.17, 15) is 9.50 Å². The Hall–Kier alpha value is -1.20. The summed E-state index contributed by atoms with van der Waals surface area (Å²) in [6.45, 7) is 0.590. The highest BCUT2D eigenvalue weighted by Gasteiger charge is 2.35. The van der Waals surface area contributed by atoms with Crippen molar-refractivity contribution in [2.45, 2.75) is 12.0 Å². The van der Waals surface area contributed by atoms with Crippen molar-refractivity contribution in [3.63, 3.8) is 0 Å². The van der Waals surface area contributed by atoms with Gasteiger partial charge in [0.15, 0.2) is 0 Å². The molecule has 4 nitrogen and oxygen atoms in total. The van der Waals surface area contributed by atoms with E-state index < -0.39 is 11.5 Å². The molecule has 1 fully saturated rings. The normalized spacial score (nSPS) is 25.9. The molecule has 0 aromatic carbocycles. The van der Waals surface area contributed by atoms with Gasteiger partial charge in [-0.2, -0.15) is 4.39 Å². The van der Waals surface area contributed by atoms with Gasteiger partial charge < -0.3 is 15.1 Å². The standard InChI is InChI=1S/C10H13FN2O2/c11-8-2-1-3-9(12-8)13-5-4-10(15,6-13)7-14/h1-3,14-15H,4-7H2. The van der Waals surface area contributed by atoms with Crippen LogP contribution in [-0.2, 0) is 0 Å². The van der Waals surface area contributed by atoms with E-state index in [1.54, 1.807) is 17.0 Å². The molecule has 0 bridgehead atoms. The second-order valence-corrected chi connectivity index (χ2v) is 3.87. The van der Waals surface area contributed by atoms with Gasteiger partial charge in [-0.05, 0) is 18.6 Å². The Morgan fingerprint density at radius 1 is 1.53 bits per heavy atom. The summed E-state index contributed by atoms with van der Waals surface area (Å²) in [5, 5.41) is 18.8. The first kappa shape index (κ1) is 10.3. The molecule has 1 aliphatic rings. The largest absolute Gasteiger partial charge is 0.393 e. The van der Waals surface area contributed by atoms with Crippen LogP contribution in [0, 0.1) is 5.95 Å². The number of rotatable bonds is 2. The molecule has 1 atom stereocenters. The number of nitrogens with zero attached hydrogens (tertiary/aromatic N) is 2. The highest BCUT2D eigenvalue weighted by molar-refractivity contribution is 5.40. The van der Waals surface area contributed by atoms with Crippen LogP contribution in [0.25, 0.3) is 0 Å². The zero-order valence-electron chi connectivity index (χ0n) is 8.23. The summed E-state index contributed by atoms with van der Waals surface area (Å²) < 4.78 is 12.8. The Kier molecular flexibility index (Phi) is 2.58. The lowest BCUT2D eigenvalue weighted by Crippen LogP contribution is -2.37. The molecule has 0 saturated carbocycles. The second-order valence-electron chi connectivity index (χ2n) is 3.87. The summed E-state index contributed by atoms with van der Waals surface area (Å²) >= 11 is 0. The zero-order chi connectivity index (χ0) is 10.9. The predicted octanol–water partition coefficient (Wildman–Crippen LogP) is 0.154. The first-order valence-electron chi connectivity index (χ1n) is 4.84. The molecule has 0 spiro atoms. The topological polar surface area (TPSA) is 56.6 Å². The highest BCUT2D eigenvalue weighted by atomic mass is 19.1. The summed E-state index contributed by atoms with van der Waals surface area (Å²) in [7, 11) is 0. The summed E-state index contributed by atoms with van der Waals surface area (Å²) in [4.78, 5) is 5.48. The molecule has 15 heavy (non-hydrogen) atoms. The van der Waals surface area contributed by atoms with Crippen molar-refractivity contribution >= 4 is 5.82 Å². The van der Waals surface area contributed by atoms with Gasteiger partial charge in [0.05, 0.1) is 13.2 Å². The van der Waals surface area contributed by atoms with Gasteiger partial charge in [0.25, 0.3) is 0 Å². The minimum Gasteiger partial charge on any atom is -0.393 e. The lowest BCUT2D eigenvalue weighted by atomic mass is 10.1. The van der Waals surface area contributed by atoms with Crippen LogP contribution in [0.5, 0.6) is 0 Å². The van der Waals surface area contributed by atoms with Gasteiger partial charge in [-0.1, -0.05) is 6.07 Å². The number of aromatic nitrogens is 1. The van der Waals surface area contributed by atoms with Crippen molar-refractivity contribution in [3.05, 3.63) is 24.1 Å². The number of aliphatic hydroxyl groups is 2. The molecule has 2 rings (SSSR count). The maximum Gasteiger partial charge on any atom is 0.214 e. The van der Waals surface area contributed by atoms with Crippen LogP contribution >= 0.6 is 0 Å². The second kappa shape index (κ2) is 3.75. The molecule has 1 aromatic heterocycles. The van der Waals surface area contributed by atoms with E-state index >= 15 is 0 Å². The van der Waals surface area contributed by atoms with Crippen molar-refractivity contribution in [2.24, 2.45) is 0 Å². The third-order valence-corrected chi connectivity index (χ3v) is 2.65. The van der Waals surface area contributed by atoms with Crippen molar-refractivity contribution in [1.82, 2.24) is 4.98 Å². The van der Waals surface area contributed by atoms with E-state index in [2.05, 4.69) is 4.98 Å². The Labute approximate surface area is 87.0 Å². The third-order valence-electron chi connectivity index (χ3n) is 2.65. The van der Waals surface area contributed by atoms with E-state index in [4.69, 9.17) is 5.11 Å². The number of hydrogen-bond acceptors (Lipinski definition) is 4. The fraction of sp³-hybridized carbons (Fsp3) is 0.500. The lowest BCUT2D eigenvalue weighted by molar-refractivity contribution is 0.00473. The lowest BCUT2D eigenvalue weighted by Gasteiger charge is -2.21. The summed E-state index contributed by atoms with van der Waals surface area (Å²) in [5.74, 6) is -0.0358. The Balaban J connectivity index is 2.14. The monoisotopic (exact) mass is 212 g/mol. The van der Waals surface area contributed by atoms with Gasteiger partial charge in [-0.3, -0.25) is 0 Å². The first-order chi connectivity index (χ1) is 7.13. The molecule has 5 heteroatoms. The number of pyridine rings is 1. The predicted molar refractivity (Wildman–Crippen MR) is 53.1 cm³/mol. The molecule has 0 radical (unpaired) electrons. The van der Waals surface area contributed by atoms with Crippen LogP contribution < -0.4 is 4.90 Å². The number of halogens is 1. The quantitative estimate of drug-likeness (QED) is 0.685. The molecule has 2 heterocycles. The molecular weight excluding hydrogens is 199 g/mol. The average molecular weight is 212 g/mol. The summed E-state index contributed by atoms with van der Waals surface area (Å²) in [5.41, 5.74) is -1.08. The van der Waals surface area contributed by atoms with E-state index in [0.29, 0.717) is 25.3 Å². The van der Waals surface area contributed by atoms with Crippen LogP contribution in [0.4, 0.5) is 10.2 Å². The first-order valence-corrected chi connectivity index (χ1v) is 4.84. The molecule has 2 N–H and O–H groups in total. The zero-order valence-corrected chi connectivity index (χ0v) is 8.23. The van der Waals surface area contributed by atoms with Crippen LogP contribution in [0.15, 0.2) is 18.2 Å². The highest BCUT2D eigenvalue weighted by Crippen LogP contribution is 2.24. The van der Waals surface area contributed by atoms with Gasteiger partial charge in [-0.15, -0.1) is 0 Å². The molecule has 1 saturated heterocycles. The Morgan fingerprint density at radius 3 is 2.93 bits per heavy atom. The van der Waals surface area contributed by atoms with Gasteiger partial charge in [-0.25, -0.2) is 4.98 Å². The molecular formula is C10H13FN2O2.